The standard InChI is InChI=1S/C20H30N2O/c1-17-6-8-18(9-7-17)21-15-20(16-22-11-4-5-12-22)10-13-23-19(2,3)14-20/h6-9,15H,4-5,10-14,16H2,1-3H3/p+1/t20-/m1/s1. The van der Waals surface area contributed by atoms with E-state index in [1.807, 2.05) is 0 Å². The van der Waals surface area contributed by atoms with E-state index in [1.54, 1.807) is 4.90 Å². The van der Waals surface area contributed by atoms with E-state index < -0.39 is 0 Å². The molecule has 3 heteroatoms. The number of likely N-dealkylation sites (tertiary alicyclic amines) is 1. The topological polar surface area (TPSA) is 26.0 Å². The summed E-state index contributed by atoms with van der Waals surface area (Å²) in [6.45, 7) is 11.3. The molecule has 1 aromatic carbocycles. The summed E-state index contributed by atoms with van der Waals surface area (Å²) in [5.41, 5.74) is 2.48. The molecule has 2 saturated heterocycles. The molecular weight excluding hydrogens is 284 g/mol. The van der Waals surface area contributed by atoms with Crippen LogP contribution >= 0.6 is 0 Å². The first-order chi connectivity index (χ1) is 11.0. The van der Waals surface area contributed by atoms with Crippen LogP contribution in [0.1, 0.15) is 45.1 Å². The fourth-order valence-corrected chi connectivity index (χ4v) is 4.22. The molecule has 0 saturated carbocycles. The minimum absolute atomic E-state index is 0.0449. The van der Waals surface area contributed by atoms with E-state index in [-0.39, 0.29) is 11.0 Å². The van der Waals surface area contributed by atoms with E-state index in [9.17, 15) is 0 Å². The lowest BCUT2D eigenvalue weighted by Crippen LogP contribution is -3.11. The zero-order valence-electron chi connectivity index (χ0n) is 14.9. The van der Waals surface area contributed by atoms with Crippen molar-refractivity contribution < 1.29 is 9.64 Å². The molecule has 2 aliphatic heterocycles. The third-order valence-electron chi connectivity index (χ3n) is 5.30. The van der Waals surface area contributed by atoms with Crippen molar-refractivity contribution >= 4 is 11.9 Å². The van der Waals surface area contributed by atoms with Gasteiger partial charge in [0.2, 0.25) is 0 Å². The number of aliphatic imine (C=N–C) groups is 1. The van der Waals surface area contributed by atoms with Crippen LogP contribution in [0, 0.1) is 12.3 Å². The van der Waals surface area contributed by atoms with Gasteiger partial charge in [0, 0.05) is 25.7 Å². The van der Waals surface area contributed by atoms with Gasteiger partial charge in [0.25, 0.3) is 0 Å². The van der Waals surface area contributed by atoms with Gasteiger partial charge in [-0.1, -0.05) is 17.7 Å². The molecule has 0 bridgehead atoms. The zero-order chi connectivity index (χ0) is 16.3. The predicted molar refractivity (Wildman–Crippen MR) is 95.8 cm³/mol. The van der Waals surface area contributed by atoms with E-state index in [2.05, 4.69) is 51.3 Å². The number of rotatable bonds is 4. The van der Waals surface area contributed by atoms with Gasteiger partial charge in [-0.3, -0.25) is 4.99 Å². The van der Waals surface area contributed by atoms with Crippen LogP contribution in [0.15, 0.2) is 29.3 Å². The SMILES string of the molecule is Cc1ccc(N=C[C@@]2(C[NH+]3CCCC3)CCOC(C)(C)C2)cc1. The summed E-state index contributed by atoms with van der Waals surface area (Å²) in [6.07, 6.45) is 7.17. The Kier molecular flexibility index (Phi) is 4.88. The maximum Gasteiger partial charge on any atom is 0.0880 e. The molecule has 2 fully saturated rings. The van der Waals surface area contributed by atoms with Gasteiger partial charge < -0.3 is 9.64 Å². The molecular formula is C20H31N2O+. The molecule has 2 heterocycles. The second-order valence-corrected chi connectivity index (χ2v) is 8.12. The van der Waals surface area contributed by atoms with Gasteiger partial charge in [0.15, 0.2) is 0 Å². The second-order valence-electron chi connectivity index (χ2n) is 8.12. The van der Waals surface area contributed by atoms with Gasteiger partial charge in [-0.05, 0) is 45.7 Å². The number of hydrogen-bond acceptors (Lipinski definition) is 2. The number of nitrogens with one attached hydrogen (secondary N) is 1. The second kappa shape index (κ2) is 6.74. The molecule has 0 aliphatic carbocycles. The smallest absolute Gasteiger partial charge is 0.0880 e. The Morgan fingerprint density at radius 3 is 2.52 bits per heavy atom. The van der Waals surface area contributed by atoms with Crippen molar-refractivity contribution in [2.45, 2.75) is 52.1 Å². The van der Waals surface area contributed by atoms with E-state index in [0.29, 0.717) is 0 Å². The molecule has 0 amide bonds. The fourth-order valence-electron chi connectivity index (χ4n) is 4.22. The Labute approximate surface area is 140 Å². The molecule has 23 heavy (non-hydrogen) atoms. The lowest BCUT2D eigenvalue weighted by atomic mass is 9.74. The predicted octanol–water partition coefficient (Wildman–Crippen LogP) is 2.95. The average Bonchev–Trinajstić information content (AvgIpc) is 2.98. The van der Waals surface area contributed by atoms with Crippen molar-refractivity contribution in [2.24, 2.45) is 10.4 Å². The van der Waals surface area contributed by atoms with Crippen molar-refractivity contribution in [2.75, 3.05) is 26.2 Å². The monoisotopic (exact) mass is 315 g/mol. The molecule has 2 aliphatic rings. The van der Waals surface area contributed by atoms with Crippen LogP contribution in [-0.4, -0.2) is 38.1 Å². The summed E-state index contributed by atoms with van der Waals surface area (Å²) in [4.78, 5) is 6.61. The molecule has 1 N–H and O–H groups in total. The first kappa shape index (κ1) is 16.7. The third-order valence-corrected chi connectivity index (χ3v) is 5.30. The van der Waals surface area contributed by atoms with E-state index in [0.717, 1.165) is 25.1 Å². The van der Waals surface area contributed by atoms with Crippen molar-refractivity contribution in [3.05, 3.63) is 29.8 Å². The molecule has 0 aromatic heterocycles. The van der Waals surface area contributed by atoms with Gasteiger partial charge in [0.05, 0.1) is 36.3 Å². The molecule has 126 valence electrons. The van der Waals surface area contributed by atoms with Crippen molar-refractivity contribution in [1.82, 2.24) is 0 Å². The molecule has 0 radical (unpaired) electrons. The third kappa shape index (κ3) is 4.42. The van der Waals surface area contributed by atoms with Crippen molar-refractivity contribution in [3.8, 4) is 0 Å². The summed E-state index contributed by atoms with van der Waals surface area (Å²) in [5, 5.41) is 0. The van der Waals surface area contributed by atoms with Crippen LogP contribution in [0.4, 0.5) is 5.69 Å². The van der Waals surface area contributed by atoms with Gasteiger partial charge >= 0.3 is 0 Å². The quantitative estimate of drug-likeness (QED) is 0.850. The van der Waals surface area contributed by atoms with Gasteiger partial charge in [0.1, 0.15) is 0 Å². The zero-order valence-corrected chi connectivity index (χ0v) is 14.9. The highest BCUT2D eigenvalue weighted by Gasteiger charge is 2.43. The summed E-state index contributed by atoms with van der Waals surface area (Å²) in [6, 6.07) is 8.51. The van der Waals surface area contributed by atoms with Crippen molar-refractivity contribution in [3.63, 3.8) is 0 Å². The Balaban J connectivity index is 1.80. The largest absolute Gasteiger partial charge is 0.376 e. The van der Waals surface area contributed by atoms with Crippen LogP contribution in [0.3, 0.4) is 0 Å². The first-order valence-electron chi connectivity index (χ1n) is 9.06. The molecule has 0 unspecified atom stereocenters. The van der Waals surface area contributed by atoms with Crippen LogP contribution in [0.25, 0.3) is 0 Å². The lowest BCUT2D eigenvalue weighted by molar-refractivity contribution is -0.893. The van der Waals surface area contributed by atoms with Gasteiger partial charge in [-0.15, -0.1) is 0 Å². The molecule has 0 spiro atoms. The fraction of sp³-hybridized carbons (Fsp3) is 0.650. The van der Waals surface area contributed by atoms with E-state index >= 15 is 0 Å². The van der Waals surface area contributed by atoms with Gasteiger partial charge in [-0.25, -0.2) is 0 Å². The van der Waals surface area contributed by atoms with Crippen LogP contribution in [-0.2, 0) is 4.74 Å². The average molecular weight is 315 g/mol. The minimum Gasteiger partial charge on any atom is -0.376 e. The number of nitrogens with zero attached hydrogens (tertiary/aromatic N) is 1. The van der Waals surface area contributed by atoms with Crippen LogP contribution < -0.4 is 4.90 Å². The summed E-state index contributed by atoms with van der Waals surface area (Å²) in [5.74, 6) is 0. The normalized spacial score (nSPS) is 28.5. The molecule has 3 nitrogen and oxygen atoms in total. The first-order valence-corrected chi connectivity index (χ1v) is 9.06. The Morgan fingerprint density at radius 2 is 1.87 bits per heavy atom. The number of quaternary nitrogens is 1. The van der Waals surface area contributed by atoms with E-state index in [4.69, 9.17) is 9.73 Å². The molecule has 1 aromatic rings. The lowest BCUT2D eigenvalue weighted by Gasteiger charge is -2.43. The molecule has 1 atom stereocenters. The van der Waals surface area contributed by atoms with E-state index in [1.165, 1.54) is 38.0 Å². The maximum absolute atomic E-state index is 5.98. The number of ether oxygens (including phenoxy) is 1. The number of hydrogen-bond donors (Lipinski definition) is 1. The summed E-state index contributed by atoms with van der Waals surface area (Å²) < 4.78 is 5.98. The highest BCUT2D eigenvalue weighted by molar-refractivity contribution is 5.70. The Hall–Kier alpha value is -1.19. The van der Waals surface area contributed by atoms with Gasteiger partial charge in [-0.2, -0.15) is 0 Å². The Bertz CT molecular complexity index is 543. The summed E-state index contributed by atoms with van der Waals surface area (Å²) in [7, 11) is 0. The highest BCUT2D eigenvalue weighted by Crippen LogP contribution is 2.37. The summed E-state index contributed by atoms with van der Waals surface area (Å²) >= 11 is 0. The van der Waals surface area contributed by atoms with Crippen LogP contribution in [0.2, 0.25) is 0 Å². The minimum atomic E-state index is -0.0449. The number of benzene rings is 1. The number of aryl methyl sites for hydroxylation is 1. The maximum atomic E-state index is 5.98. The molecule has 3 rings (SSSR count). The Morgan fingerprint density at radius 1 is 1.17 bits per heavy atom. The van der Waals surface area contributed by atoms with Crippen molar-refractivity contribution in [1.29, 1.82) is 0 Å². The highest BCUT2D eigenvalue weighted by atomic mass is 16.5. The van der Waals surface area contributed by atoms with Crippen LogP contribution in [0.5, 0.6) is 0 Å².